The van der Waals surface area contributed by atoms with Crippen LogP contribution in [0.4, 0.5) is 4.79 Å². The lowest BCUT2D eigenvalue weighted by atomic mass is 9.98. The summed E-state index contributed by atoms with van der Waals surface area (Å²) in [7, 11) is 0. The lowest BCUT2D eigenvalue weighted by molar-refractivity contribution is -0.144. The Labute approximate surface area is 171 Å². The third-order valence-corrected chi connectivity index (χ3v) is 4.55. The highest BCUT2D eigenvalue weighted by Gasteiger charge is 2.33. The van der Waals surface area contributed by atoms with Gasteiger partial charge in [-0.3, -0.25) is 4.90 Å². The number of nitriles is 1. The van der Waals surface area contributed by atoms with E-state index in [-0.39, 0.29) is 19.1 Å². The van der Waals surface area contributed by atoms with Gasteiger partial charge in [0, 0.05) is 6.54 Å². The third-order valence-electron chi connectivity index (χ3n) is 4.55. The maximum atomic E-state index is 12.5. The van der Waals surface area contributed by atoms with E-state index in [0.29, 0.717) is 12.0 Å². The van der Waals surface area contributed by atoms with Crippen LogP contribution in [-0.2, 0) is 16.1 Å². The summed E-state index contributed by atoms with van der Waals surface area (Å²) >= 11 is 0. The fourth-order valence-electron chi connectivity index (χ4n) is 3.15. The molecule has 0 heterocycles. The number of carboxylic acids is 1. The summed E-state index contributed by atoms with van der Waals surface area (Å²) in [5.74, 6) is -1.34. The Bertz CT molecular complexity index is 884. The maximum Gasteiger partial charge on any atom is 0.410 e. The molecule has 1 atom stereocenters. The lowest BCUT2D eigenvalue weighted by Crippen LogP contribution is -2.47. The van der Waals surface area contributed by atoms with E-state index in [1.165, 1.54) is 4.90 Å². The van der Waals surface area contributed by atoms with Crippen molar-refractivity contribution in [1.29, 1.82) is 5.26 Å². The number of aliphatic carboxylic acids is 1. The molecule has 2 aromatic carbocycles. The van der Waals surface area contributed by atoms with Gasteiger partial charge in [0.05, 0.1) is 18.2 Å². The van der Waals surface area contributed by atoms with Crippen molar-refractivity contribution in [3.8, 4) is 17.2 Å². The molecule has 2 aromatic rings. The first-order valence-electron chi connectivity index (χ1n) is 9.63. The average molecular weight is 394 g/mol. The van der Waals surface area contributed by atoms with Crippen LogP contribution < -0.4 is 0 Å². The van der Waals surface area contributed by atoms with Crippen LogP contribution in [0.25, 0.3) is 11.1 Å². The summed E-state index contributed by atoms with van der Waals surface area (Å²) in [5.41, 5.74) is 3.07. The van der Waals surface area contributed by atoms with Crippen molar-refractivity contribution >= 4 is 12.1 Å². The maximum absolute atomic E-state index is 12.5. The van der Waals surface area contributed by atoms with Crippen LogP contribution in [0, 0.1) is 17.2 Å². The number of ether oxygens (including phenoxy) is 1. The highest BCUT2D eigenvalue weighted by molar-refractivity contribution is 5.80. The van der Waals surface area contributed by atoms with Crippen molar-refractivity contribution in [2.24, 2.45) is 5.92 Å². The minimum Gasteiger partial charge on any atom is -0.480 e. The van der Waals surface area contributed by atoms with E-state index in [0.717, 1.165) is 16.7 Å². The second-order valence-corrected chi connectivity index (χ2v) is 7.12. The Balaban J connectivity index is 2.29. The standard InChI is InChI=1S/C23H26N2O4/c1-4-13-29-23(28)25(21(16(2)3)22(26)27)15-17-9-11-18(12-10-17)20-8-6-5-7-19(20)14-24/h5-12,16,21H,4,13,15H2,1-3H3,(H,26,27)/t21-/m0/s1. The molecule has 2 rings (SSSR count). The van der Waals surface area contributed by atoms with Gasteiger partial charge in [0.2, 0.25) is 0 Å². The number of carboxylic acid groups (broad SMARTS) is 1. The molecule has 0 saturated carbocycles. The SMILES string of the molecule is CCCOC(=O)N(Cc1ccc(-c2ccccc2C#N)cc1)[C@H](C(=O)O)C(C)C. The first-order valence-corrected chi connectivity index (χ1v) is 9.63. The van der Waals surface area contributed by atoms with Crippen molar-refractivity contribution in [3.05, 3.63) is 59.7 Å². The zero-order valence-corrected chi connectivity index (χ0v) is 17.0. The lowest BCUT2D eigenvalue weighted by Gasteiger charge is -2.30. The minimum absolute atomic E-state index is 0.123. The van der Waals surface area contributed by atoms with E-state index >= 15 is 0 Å². The number of nitrogens with zero attached hydrogens (tertiary/aromatic N) is 2. The van der Waals surface area contributed by atoms with Crippen molar-refractivity contribution in [3.63, 3.8) is 0 Å². The molecule has 0 bridgehead atoms. The van der Waals surface area contributed by atoms with Crippen LogP contribution in [0.3, 0.4) is 0 Å². The first kappa shape index (κ1) is 22.0. The quantitative estimate of drug-likeness (QED) is 0.702. The Morgan fingerprint density at radius 3 is 2.34 bits per heavy atom. The molecule has 0 aromatic heterocycles. The number of benzene rings is 2. The van der Waals surface area contributed by atoms with Crippen molar-refractivity contribution in [2.45, 2.75) is 39.8 Å². The first-order chi connectivity index (χ1) is 13.9. The second-order valence-electron chi connectivity index (χ2n) is 7.12. The number of amides is 1. The van der Waals surface area contributed by atoms with E-state index in [1.54, 1.807) is 19.9 Å². The molecule has 6 nitrogen and oxygen atoms in total. The summed E-state index contributed by atoms with van der Waals surface area (Å²) in [6.45, 7) is 5.77. The van der Waals surface area contributed by atoms with Gasteiger partial charge in [-0.25, -0.2) is 9.59 Å². The Morgan fingerprint density at radius 1 is 1.14 bits per heavy atom. The van der Waals surface area contributed by atoms with E-state index < -0.39 is 18.1 Å². The largest absolute Gasteiger partial charge is 0.480 e. The number of rotatable bonds is 8. The number of hydrogen-bond donors (Lipinski definition) is 1. The highest BCUT2D eigenvalue weighted by Crippen LogP contribution is 2.24. The van der Waals surface area contributed by atoms with Gasteiger partial charge < -0.3 is 9.84 Å². The fraction of sp³-hybridized carbons (Fsp3) is 0.348. The molecule has 152 valence electrons. The molecule has 0 aliphatic heterocycles. The van der Waals surface area contributed by atoms with E-state index in [9.17, 15) is 20.0 Å². The van der Waals surface area contributed by atoms with Gasteiger partial charge >= 0.3 is 12.1 Å². The van der Waals surface area contributed by atoms with Crippen molar-refractivity contribution < 1.29 is 19.4 Å². The van der Waals surface area contributed by atoms with Crippen LogP contribution in [-0.4, -0.2) is 34.7 Å². The predicted molar refractivity (Wildman–Crippen MR) is 110 cm³/mol. The van der Waals surface area contributed by atoms with Gasteiger partial charge in [0.1, 0.15) is 6.04 Å². The monoisotopic (exact) mass is 394 g/mol. The molecule has 0 aliphatic carbocycles. The molecule has 6 heteroatoms. The molecule has 0 fully saturated rings. The van der Waals surface area contributed by atoms with Crippen LogP contribution in [0.1, 0.15) is 38.3 Å². The summed E-state index contributed by atoms with van der Waals surface area (Å²) in [6.07, 6.45) is 0.0262. The number of hydrogen-bond acceptors (Lipinski definition) is 4. The van der Waals surface area contributed by atoms with Crippen LogP contribution in [0.5, 0.6) is 0 Å². The Morgan fingerprint density at radius 2 is 1.79 bits per heavy atom. The average Bonchev–Trinajstić information content (AvgIpc) is 2.71. The smallest absolute Gasteiger partial charge is 0.410 e. The molecule has 0 unspecified atom stereocenters. The van der Waals surface area contributed by atoms with Gasteiger partial charge in [-0.2, -0.15) is 5.26 Å². The Kier molecular flexibility index (Phi) is 7.79. The molecular weight excluding hydrogens is 368 g/mol. The van der Waals surface area contributed by atoms with Crippen LogP contribution >= 0.6 is 0 Å². The molecule has 1 amide bonds. The second kappa shape index (κ2) is 10.3. The zero-order chi connectivity index (χ0) is 21.4. The van der Waals surface area contributed by atoms with Gasteiger partial charge in [-0.1, -0.05) is 63.2 Å². The summed E-state index contributed by atoms with van der Waals surface area (Å²) in [6, 6.07) is 15.9. The van der Waals surface area contributed by atoms with Crippen molar-refractivity contribution in [2.75, 3.05) is 6.61 Å². The topological polar surface area (TPSA) is 90.6 Å². The van der Waals surface area contributed by atoms with E-state index in [4.69, 9.17) is 4.74 Å². The summed E-state index contributed by atoms with van der Waals surface area (Å²) < 4.78 is 5.22. The molecule has 0 radical (unpaired) electrons. The fourth-order valence-corrected chi connectivity index (χ4v) is 3.15. The summed E-state index contributed by atoms with van der Waals surface area (Å²) in [5, 5.41) is 18.9. The molecule has 0 saturated heterocycles. The third kappa shape index (κ3) is 5.58. The predicted octanol–water partition coefficient (Wildman–Crippen LogP) is 4.68. The molecule has 29 heavy (non-hydrogen) atoms. The van der Waals surface area contributed by atoms with E-state index in [2.05, 4.69) is 6.07 Å². The van der Waals surface area contributed by atoms with Gasteiger partial charge in [0.15, 0.2) is 0 Å². The van der Waals surface area contributed by atoms with E-state index in [1.807, 2.05) is 49.4 Å². The molecule has 0 spiro atoms. The number of carbonyl (C=O) groups is 2. The van der Waals surface area contributed by atoms with Gasteiger partial charge in [-0.05, 0) is 35.1 Å². The molecule has 1 N–H and O–H groups in total. The minimum atomic E-state index is -1.06. The Hall–Kier alpha value is -3.33. The summed E-state index contributed by atoms with van der Waals surface area (Å²) in [4.78, 5) is 25.6. The molecular formula is C23H26N2O4. The van der Waals surface area contributed by atoms with Crippen LogP contribution in [0.2, 0.25) is 0 Å². The van der Waals surface area contributed by atoms with Crippen LogP contribution in [0.15, 0.2) is 48.5 Å². The highest BCUT2D eigenvalue weighted by atomic mass is 16.6. The van der Waals surface area contributed by atoms with Gasteiger partial charge in [-0.15, -0.1) is 0 Å². The van der Waals surface area contributed by atoms with Crippen molar-refractivity contribution in [1.82, 2.24) is 4.90 Å². The number of carbonyl (C=O) groups excluding carboxylic acids is 1. The zero-order valence-electron chi connectivity index (χ0n) is 17.0. The normalized spacial score (nSPS) is 11.6. The van der Waals surface area contributed by atoms with Gasteiger partial charge in [0.25, 0.3) is 0 Å². The molecule has 0 aliphatic rings.